The average Bonchev–Trinajstić information content (AvgIpc) is 2.75. The number of anilines is 1. The Labute approximate surface area is 185 Å². The maximum atomic E-state index is 14.2. The topological polar surface area (TPSA) is 66.5 Å². The van der Waals surface area contributed by atoms with Crippen LogP contribution in [-0.2, 0) is 27.8 Å². The summed E-state index contributed by atoms with van der Waals surface area (Å²) in [6, 6.07) is 16.7. The van der Waals surface area contributed by atoms with Gasteiger partial charge in [0.2, 0.25) is 15.9 Å². The van der Waals surface area contributed by atoms with E-state index < -0.39 is 27.8 Å². The SMILES string of the molecule is Cc1ccc(S(=O)(=O)N2Cc3ccccc3C[C@H]2C(=O)Nc2ccc(Cl)cc2F)cc1. The van der Waals surface area contributed by atoms with Gasteiger partial charge in [0.05, 0.1) is 10.6 Å². The largest absolute Gasteiger partial charge is 0.322 e. The number of amides is 1. The minimum atomic E-state index is -3.97. The average molecular weight is 459 g/mol. The third kappa shape index (κ3) is 4.35. The predicted octanol–water partition coefficient (Wildman–Crippen LogP) is 4.54. The van der Waals surface area contributed by atoms with Crippen LogP contribution < -0.4 is 5.32 Å². The van der Waals surface area contributed by atoms with Gasteiger partial charge >= 0.3 is 0 Å². The maximum Gasteiger partial charge on any atom is 0.244 e. The van der Waals surface area contributed by atoms with Gasteiger partial charge in [-0.05, 0) is 54.8 Å². The molecule has 5 nitrogen and oxygen atoms in total. The Morgan fingerprint density at radius 2 is 1.74 bits per heavy atom. The van der Waals surface area contributed by atoms with Gasteiger partial charge in [0, 0.05) is 11.6 Å². The monoisotopic (exact) mass is 458 g/mol. The van der Waals surface area contributed by atoms with Crippen molar-refractivity contribution >= 4 is 33.2 Å². The Kier molecular flexibility index (Phi) is 5.83. The van der Waals surface area contributed by atoms with Gasteiger partial charge < -0.3 is 5.32 Å². The molecule has 31 heavy (non-hydrogen) atoms. The highest BCUT2D eigenvalue weighted by molar-refractivity contribution is 7.89. The number of carbonyl (C=O) groups is 1. The van der Waals surface area contributed by atoms with Crippen molar-refractivity contribution in [2.75, 3.05) is 5.32 Å². The van der Waals surface area contributed by atoms with E-state index in [-0.39, 0.29) is 28.6 Å². The Morgan fingerprint density at radius 3 is 2.42 bits per heavy atom. The summed E-state index contributed by atoms with van der Waals surface area (Å²) in [5.41, 5.74) is 2.59. The first-order valence-electron chi connectivity index (χ1n) is 9.67. The van der Waals surface area contributed by atoms with Crippen molar-refractivity contribution in [3.05, 3.63) is 94.3 Å². The van der Waals surface area contributed by atoms with E-state index in [1.807, 2.05) is 31.2 Å². The minimum absolute atomic E-state index is 0.0492. The molecule has 0 fully saturated rings. The van der Waals surface area contributed by atoms with Gasteiger partial charge in [-0.2, -0.15) is 4.31 Å². The normalized spacial score (nSPS) is 16.5. The third-order valence-electron chi connectivity index (χ3n) is 5.32. The molecule has 0 radical (unpaired) electrons. The van der Waals surface area contributed by atoms with Crippen LogP contribution in [0.5, 0.6) is 0 Å². The molecule has 0 aromatic heterocycles. The van der Waals surface area contributed by atoms with Crippen LogP contribution in [0, 0.1) is 12.7 Å². The van der Waals surface area contributed by atoms with Crippen molar-refractivity contribution in [1.29, 1.82) is 0 Å². The zero-order valence-corrected chi connectivity index (χ0v) is 18.3. The molecule has 1 aliphatic rings. The summed E-state index contributed by atoms with van der Waals surface area (Å²) in [5, 5.41) is 2.72. The fourth-order valence-electron chi connectivity index (χ4n) is 3.63. The van der Waals surface area contributed by atoms with Crippen molar-refractivity contribution in [3.63, 3.8) is 0 Å². The van der Waals surface area contributed by atoms with E-state index in [1.54, 1.807) is 12.1 Å². The standard InChI is InChI=1S/C23H20ClFN2O3S/c1-15-6-9-19(10-7-15)31(29,30)27-14-17-5-3-2-4-16(17)12-22(27)23(28)26-21-11-8-18(24)13-20(21)25/h2-11,13,22H,12,14H2,1H3,(H,26,28)/t22-/m0/s1. The molecule has 1 amide bonds. The number of hydrogen-bond donors (Lipinski definition) is 1. The summed E-state index contributed by atoms with van der Waals surface area (Å²) in [6.07, 6.45) is 0.183. The predicted molar refractivity (Wildman–Crippen MR) is 118 cm³/mol. The Morgan fingerprint density at radius 1 is 1.06 bits per heavy atom. The fourth-order valence-corrected chi connectivity index (χ4v) is 5.35. The van der Waals surface area contributed by atoms with E-state index in [9.17, 15) is 17.6 Å². The van der Waals surface area contributed by atoms with Gasteiger partial charge in [-0.1, -0.05) is 53.6 Å². The molecule has 4 rings (SSSR count). The Hall–Kier alpha value is -2.74. The lowest BCUT2D eigenvalue weighted by atomic mass is 9.95. The molecule has 0 aliphatic carbocycles. The van der Waals surface area contributed by atoms with Crippen molar-refractivity contribution in [2.24, 2.45) is 0 Å². The van der Waals surface area contributed by atoms with E-state index in [2.05, 4.69) is 5.32 Å². The third-order valence-corrected chi connectivity index (χ3v) is 7.43. The van der Waals surface area contributed by atoms with Gasteiger partial charge in [-0.25, -0.2) is 12.8 Å². The quantitative estimate of drug-likeness (QED) is 0.624. The number of hydrogen-bond acceptors (Lipinski definition) is 3. The van der Waals surface area contributed by atoms with E-state index in [0.717, 1.165) is 22.8 Å². The van der Waals surface area contributed by atoms with Crippen LogP contribution in [0.3, 0.4) is 0 Å². The zero-order valence-electron chi connectivity index (χ0n) is 16.7. The van der Waals surface area contributed by atoms with Gasteiger partial charge in [-0.15, -0.1) is 0 Å². The Balaban J connectivity index is 1.72. The summed E-state index contributed by atoms with van der Waals surface area (Å²) in [7, 11) is -3.97. The molecule has 1 N–H and O–H groups in total. The molecular formula is C23H20ClFN2O3S. The summed E-state index contributed by atoms with van der Waals surface area (Å²) in [5.74, 6) is -1.29. The number of sulfonamides is 1. The zero-order chi connectivity index (χ0) is 22.2. The number of nitrogens with zero attached hydrogens (tertiary/aromatic N) is 1. The first-order chi connectivity index (χ1) is 14.8. The summed E-state index contributed by atoms with van der Waals surface area (Å²) >= 11 is 5.78. The van der Waals surface area contributed by atoms with Crippen molar-refractivity contribution in [3.8, 4) is 0 Å². The number of fused-ring (bicyclic) bond motifs is 1. The molecule has 0 bridgehead atoms. The smallest absolute Gasteiger partial charge is 0.244 e. The number of halogens is 2. The van der Waals surface area contributed by atoms with E-state index in [0.29, 0.717) is 0 Å². The van der Waals surface area contributed by atoms with Crippen LogP contribution in [0.25, 0.3) is 0 Å². The van der Waals surface area contributed by atoms with Crippen molar-refractivity contribution in [1.82, 2.24) is 4.31 Å². The van der Waals surface area contributed by atoms with E-state index >= 15 is 0 Å². The molecular weight excluding hydrogens is 439 g/mol. The van der Waals surface area contributed by atoms with Crippen LogP contribution in [0.15, 0.2) is 71.6 Å². The molecule has 0 saturated heterocycles. The molecule has 1 heterocycles. The molecule has 0 saturated carbocycles. The molecule has 8 heteroatoms. The van der Waals surface area contributed by atoms with Crippen LogP contribution in [-0.4, -0.2) is 24.7 Å². The molecule has 1 aliphatic heterocycles. The number of aryl methyl sites for hydroxylation is 1. The lowest BCUT2D eigenvalue weighted by molar-refractivity contribution is -0.120. The second-order valence-corrected chi connectivity index (χ2v) is 9.79. The second kappa shape index (κ2) is 8.42. The molecule has 0 spiro atoms. The van der Waals surface area contributed by atoms with E-state index in [4.69, 9.17) is 11.6 Å². The maximum absolute atomic E-state index is 14.2. The van der Waals surface area contributed by atoms with Crippen LogP contribution in [0.4, 0.5) is 10.1 Å². The van der Waals surface area contributed by atoms with Crippen molar-refractivity contribution < 1.29 is 17.6 Å². The van der Waals surface area contributed by atoms with Crippen LogP contribution in [0.2, 0.25) is 5.02 Å². The van der Waals surface area contributed by atoms with Gasteiger partial charge in [-0.3, -0.25) is 4.79 Å². The fraction of sp³-hybridized carbons (Fsp3) is 0.174. The minimum Gasteiger partial charge on any atom is -0.322 e. The lowest BCUT2D eigenvalue weighted by Crippen LogP contribution is -2.50. The van der Waals surface area contributed by atoms with Gasteiger partial charge in [0.1, 0.15) is 11.9 Å². The molecule has 1 atom stereocenters. The molecule has 0 unspecified atom stereocenters. The number of nitrogens with one attached hydrogen (secondary N) is 1. The van der Waals surface area contributed by atoms with Crippen LogP contribution in [0.1, 0.15) is 16.7 Å². The highest BCUT2D eigenvalue weighted by Gasteiger charge is 2.39. The second-order valence-electron chi connectivity index (χ2n) is 7.47. The summed E-state index contributed by atoms with van der Waals surface area (Å²) in [4.78, 5) is 13.2. The molecule has 3 aromatic carbocycles. The summed E-state index contributed by atoms with van der Waals surface area (Å²) in [6.45, 7) is 1.91. The van der Waals surface area contributed by atoms with E-state index in [1.165, 1.54) is 28.6 Å². The van der Waals surface area contributed by atoms with Crippen LogP contribution >= 0.6 is 11.6 Å². The molecule has 3 aromatic rings. The van der Waals surface area contributed by atoms with Crippen molar-refractivity contribution in [2.45, 2.75) is 30.8 Å². The number of rotatable bonds is 4. The molecule has 160 valence electrons. The van der Waals surface area contributed by atoms with Gasteiger partial charge in [0.15, 0.2) is 0 Å². The highest BCUT2D eigenvalue weighted by Crippen LogP contribution is 2.30. The summed E-state index contributed by atoms with van der Waals surface area (Å²) < 4.78 is 42.3. The lowest BCUT2D eigenvalue weighted by Gasteiger charge is -2.35. The number of carbonyl (C=O) groups excluding carboxylic acids is 1. The highest BCUT2D eigenvalue weighted by atomic mass is 35.5. The van der Waals surface area contributed by atoms with Gasteiger partial charge in [0.25, 0.3) is 0 Å². The number of benzene rings is 3. The Bertz CT molecular complexity index is 1250. The first-order valence-corrected chi connectivity index (χ1v) is 11.5. The first kappa shape index (κ1) is 21.5.